The third-order valence-corrected chi connectivity index (χ3v) is 7.19. The number of nitrogens with zero attached hydrogens (tertiary/aromatic N) is 5. The molecule has 6 aromatic rings. The van der Waals surface area contributed by atoms with Gasteiger partial charge in [-0.1, -0.05) is 57.6 Å². The van der Waals surface area contributed by atoms with E-state index in [2.05, 4.69) is 26.0 Å². The van der Waals surface area contributed by atoms with Gasteiger partial charge in [0.15, 0.2) is 5.82 Å². The number of hydrogen-bond donors (Lipinski definition) is 0. The van der Waals surface area contributed by atoms with Crippen LogP contribution >= 0.6 is 27.3 Å². The highest BCUT2D eigenvalue weighted by Gasteiger charge is 2.15. The van der Waals surface area contributed by atoms with E-state index in [0.29, 0.717) is 15.3 Å². The summed E-state index contributed by atoms with van der Waals surface area (Å²) < 4.78 is 9.92. The van der Waals surface area contributed by atoms with Gasteiger partial charge in [0, 0.05) is 27.4 Å². The molecule has 0 unspecified atom stereocenters. The van der Waals surface area contributed by atoms with Gasteiger partial charge in [0.1, 0.15) is 5.75 Å². The number of thiazole rings is 1. The number of fused-ring (bicyclic) bond motifs is 1. The fourth-order valence-corrected chi connectivity index (χ4v) is 5.04. The summed E-state index contributed by atoms with van der Waals surface area (Å²) in [5, 5.41) is 9.30. The Balaban J connectivity index is 1.46. The number of rotatable bonds is 5. The summed E-state index contributed by atoms with van der Waals surface area (Å²) in [4.78, 5) is 18.4. The average Bonchev–Trinajstić information content (AvgIpc) is 3.60. The first-order valence-electron chi connectivity index (χ1n) is 11.1. The highest BCUT2D eigenvalue weighted by Crippen LogP contribution is 2.26. The summed E-state index contributed by atoms with van der Waals surface area (Å²) in [5.74, 6) is 1.25. The summed E-state index contributed by atoms with van der Waals surface area (Å²) in [6.07, 6.45) is 3.80. The third-order valence-electron chi connectivity index (χ3n) is 5.70. The fraction of sp³-hybridized carbons (Fsp3) is 0.0370. The van der Waals surface area contributed by atoms with Crippen LogP contribution in [-0.4, -0.2) is 31.5 Å². The molecule has 9 heteroatoms. The molecule has 176 valence electrons. The van der Waals surface area contributed by atoms with Gasteiger partial charge in [-0.05, 0) is 54.6 Å². The first kappa shape index (κ1) is 22.4. The standard InChI is InChI=1S/C27H18BrN5O2S/c1-35-22-13-9-18(10-14-22)25-29-27-33(31-25)26(34)23(36-27)15-19-16-32(21-5-3-2-4-6-21)30-24(19)17-7-11-20(28)12-8-17/h2-16H,1H3. The molecule has 36 heavy (non-hydrogen) atoms. The maximum atomic E-state index is 13.2. The SMILES string of the molecule is COc1ccc(-c2nc3sc(=Cc4cn(-c5ccccc5)nc4-c4ccc(Br)cc4)c(=O)n3n2)cc1. The third kappa shape index (κ3) is 4.12. The molecule has 6 rings (SSSR count). The van der Waals surface area contributed by atoms with Gasteiger partial charge >= 0.3 is 0 Å². The van der Waals surface area contributed by atoms with Crippen molar-refractivity contribution in [1.82, 2.24) is 24.4 Å². The topological polar surface area (TPSA) is 74.3 Å². The number of hydrogen-bond acceptors (Lipinski definition) is 6. The summed E-state index contributed by atoms with van der Waals surface area (Å²) in [7, 11) is 1.62. The average molecular weight is 556 g/mol. The maximum Gasteiger partial charge on any atom is 0.291 e. The van der Waals surface area contributed by atoms with Gasteiger partial charge in [0.25, 0.3) is 5.56 Å². The molecule has 0 aliphatic rings. The summed E-state index contributed by atoms with van der Waals surface area (Å²) >= 11 is 4.80. The first-order chi connectivity index (χ1) is 17.6. The highest BCUT2D eigenvalue weighted by molar-refractivity contribution is 9.10. The van der Waals surface area contributed by atoms with Crippen LogP contribution in [0.3, 0.4) is 0 Å². The van der Waals surface area contributed by atoms with Crippen molar-refractivity contribution in [2.75, 3.05) is 7.11 Å². The van der Waals surface area contributed by atoms with E-state index < -0.39 is 0 Å². The summed E-state index contributed by atoms with van der Waals surface area (Å²) in [6, 6.07) is 25.3. The molecule has 0 N–H and O–H groups in total. The second-order valence-corrected chi connectivity index (χ2v) is 9.92. The lowest BCUT2D eigenvalue weighted by molar-refractivity contribution is 0.415. The molecule has 7 nitrogen and oxygen atoms in total. The van der Waals surface area contributed by atoms with Gasteiger partial charge < -0.3 is 4.74 Å². The monoisotopic (exact) mass is 555 g/mol. The van der Waals surface area contributed by atoms with Crippen LogP contribution in [0.4, 0.5) is 0 Å². The second kappa shape index (κ2) is 9.18. The van der Waals surface area contributed by atoms with Crippen molar-refractivity contribution in [3.8, 4) is 34.1 Å². The van der Waals surface area contributed by atoms with Gasteiger partial charge in [0.2, 0.25) is 4.96 Å². The molecular weight excluding hydrogens is 538 g/mol. The zero-order valence-corrected chi connectivity index (χ0v) is 21.4. The molecule has 0 spiro atoms. The molecule has 0 bridgehead atoms. The Morgan fingerprint density at radius 2 is 1.64 bits per heavy atom. The Morgan fingerprint density at radius 3 is 2.33 bits per heavy atom. The van der Waals surface area contributed by atoms with Crippen molar-refractivity contribution in [1.29, 1.82) is 0 Å². The van der Waals surface area contributed by atoms with E-state index in [0.717, 1.165) is 38.3 Å². The number of methoxy groups -OCH3 is 1. The summed E-state index contributed by atoms with van der Waals surface area (Å²) in [5.41, 5.74) is 4.11. The van der Waals surface area contributed by atoms with Crippen LogP contribution in [-0.2, 0) is 0 Å². The van der Waals surface area contributed by atoms with E-state index in [-0.39, 0.29) is 5.56 Å². The molecule has 3 aromatic carbocycles. The normalized spacial score (nSPS) is 11.9. The van der Waals surface area contributed by atoms with Crippen LogP contribution in [0.15, 0.2) is 94.3 Å². The molecule has 0 amide bonds. The van der Waals surface area contributed by atoms with Crippen molar-refractivity contribution < 1.29 is 4.74 Å². The van der Waals surface area contributed by atoms with Crippen LogP contribution in [0.1, 0.15) is 5.56 Å². The van der Waals surface area contributed by atoms with Crippen LogP contribution < -0.4 is 14.8 Å². The fourth-order valence-electron chi connectivity index (χ4n) is 3.88. The summed E-state index contributed by atoms with van der Waals surface area (Å²) in [6.45, 7) is 0. The van der Waals surface area contributed by atoms with Crippen LogP contribution in [0.25, 0.3) is 39.4 Å². The molecule has 0 atom stereocenters. The quantitative estimate of drug-likeness (QED) is 0.299. The maximum absolute atomic E-state index is 13.2. The van der Waals surface area contributed by atoms with Crippen LogP contribution in [0.5, 0.6) is 5.75 Å². The second-order valence-electron chi connectivity index (χ2n) is 7.99. The highest BCUT2D eigenvalue weighted by atomic mass is 79.9. The molecule has 0 radical (unpaired) electrons. The van der Waals surface area contributed by atoms with Crippen molar-refractivity contribution in [3.05, 3.63) is 110 Å². The van der Waals surface area contributed by atoms with Gasteiger partial charge in [-0.15, -0.1) is 5.10 Å². The zero-order valence-electron chi connectivity index (χ0n) is 19.0. The van der Waals surface area contributed by atoms with E-state index in [9.17, 15) is 4.79 Å². The molecule has 3 aromatic heterocycles. The van der Waals surface area contributed by atoms with Crippen LogP contribution in [0.2, 0.25) is 0 Å². The predicted molar refractivity (Wildman–Crippen MR) is 145 cm³/mol. The zero-order chi connectivity index (χ0) is 24.6. The molecule has 0 saturated heterocycles. The minimum atomic E-state index is -0.212. The van der Waals surface area contributed by atoms with E-state index in [1.54, 1.807) is 7.11 Å². The minimum absolute atomic E-state index is 0.212. The number of benzene rings is 3. The van der Waals surface area contributed by atoms with Crippen molar-refractivity contribution >= 4 is 38.3 Å². The van der Waals surface area contributed by atoms with Gasteiger partial charge in [-0.3, -0.25) is 4.79 Å². The predicted octanol–water partition coefficient (Wildman–Crippen LogP) is 4.99. The largest absolute Gasteiger partial charge is 0.497 e. The van der Waals surface area contributed by atoms with Gasteiger partial charge in [-0.25, -0.2) is 4.68 Å². The molecule has 0 saturated carbocycles. The van der Waals surface area contributed by atoms with Gasteiger partial charge in [0.05, 0.1) is 23.0 Å². The van der Waals surface area contributed by atoms with E-state index >= 15 is 0 Å². The number of ether oxygens (including phenoxy) is 1. The van der Waals surface area contributed by atoms with Gasteiger partial charge in [-0.2, -0.15) is 14.6 Å². The Hall–Kier alpha value is -4.08. The molecule has 0 aliphatic carbocycles. The van der Waals surface area contributed by atoms with Crippen LogP contribution in [0, 0.1) is 0 Å². The number of halogens is 1. The molecule has 0 aliphatic heterocycles. The lowest BCUT2D eigenvalue weighted by Crippen LogP contribution is -2.23. The van der Waals surface area contributed by atoms with Crippen molar-refractivity contribution in [2.45, 2.75) is 0 Å². The molecule has 0 fully saturated rings. The Morgan fingerprint density at radius 1 is 0.917 bits per heavy atom. The lowest BCUT2D eigenvalue weighted by atomic mass is 10.1. The van der Waals surface area contributed by atoms with E-state index in [4.69, 9.17) is 9.84 Å². The number of aromatic nitrogens is 5. The van der Waals surface area contributed by atoms with Crippen molar-refractivity contribution in [2.24, 2.45) is 0 Å². The van der Waals surface area contributed by atoms with E-state index in [1.807, 2.05) is 95.8 Å². The smallest absolute Gasteiger partial charge is 0.291 e. The molecular formula is C27H18BrN5O2S. The lowest BCUT2D eigenvalue weighted by Gasteiger charge is -2.00. The first-order valence-corrected chi connectivity index (χ1v) is 12.7. The minimum Gasteiger partial charge on any atom is -0.497 e. The Bertz CT molecular complexity index is 1790. The Labute approximate surface area is 218 Å². The van der Waals surface area contributed by atoms with Crippen molar-refractivity contribution in [3.63, 3.8) is 0 Å². The number of para-hydroxylation sites is 1. The molecule has 3 heterocycles. The van der Waals surface area contributed by atoms with E-state index in [1.165, 1.54) is 15.9 Å². The Kier molecular flexibility index (Phi) is 5.71.